The number of halogens is 2. The Morgan fingerprint density at radius 2 is 2.05 bits per heavy atom. The Bertz CT molecular complexity index is 635. The van der Waals surface area contributed by atoms with Crippen molar-refractivity contribution >= 4 is 34.5 Å². The second kappa shape index (κ2) is 6.25. The summed E-state index contributed by atoms with van der Waals surface area (Å²) in [6.07, 6.45) is 2.45. The summed E-state index contributed by atoms with van der Waals surface area (Å²) in [5.41, 5.74) is 2.19. The summed E-state index contributed by atoms with van der Waals surface area (Å²) in [7, 11) is 0. The summed E-state index contributed by atoms with van der Waals surface area (Å²) < 4.78 is 0. The highest BCUT2D eigenvalue weighted by atomic mass is 35.5. The maximum absolute atomic E-state index is 6.40. The van der Waals surface area contributed by atoms with Crippen LogP contribution in [-0.4, -0.2) is 11.0 Å². The van der Waals surface area contributed by atoms with Crippen molar-refractivity contribution in [3.05, 3.63) is 49.9 Å². The van der Waals surface area contributed by atoms with E-state index in [4.69, 9.17) is 28.2 Å². The average molecular weight is 341 g/mol. The minimum absolute atomic E-state index is 0.0553. The van der Waals surface area contributed by atoms with Crippen molar-refractivity contribution in [1.29, 1.82) is 0 Å². The molecular weight excluding hydrogens is 323 g/mol. The van der Waals surface area contributed by atoms with Crippen LogP contribution < -0.4 is 5.32 Å². The van der Waals surface area contributed by atoms with Crippen LogP contribution in [0.2, 0.25) is 10.0 Å². The molecule has 0 saturated heterocycles. The molecule has 0 radical (unpaired) electrons. The average Bonchev–Trinajstić information content (AvgIpc) is 3.11. The molecule has 2 nitrogen and oxygen atoms in total. The third kappa shape index (κ3) is 3.59. The molecule has 1 aliphatic carbocycles. The van der Waals surface area contributed by atoms with E-state index < -0.39 is 0 Å². The van der Waals surface area contributed by atoms with E-state index in [1.54, 1.807) is 17.4 Å². The number of thiazole rings is 1. The maximum Gasteiger partial charge on any atom is 0.114 e. The van der Waals surface area contributed by atoms with Gasteiger partial charge < -0.3 is 5.32 Å². The van der Waals surface area contributed by atoms with Crippen LogP contribution in [0.4, 0.5) is 0 Å². The molecule has 0 spiro atoms. The number of rotatable bonds is 5. The van der Waals surface area contributed by atoms with Gasteiger partial charge in [0, 0.05) is 21.5 Å². The first-order valence-electron chi connectivity index (χ1n) is 7.21. The fourth-order valence-electron chi connectivity index (χ4n) is 2.21. The zero-order chi connectivity index (χ0) is 15.0. The summed E-state index contributed by atoms with van der Waals surface area (Å²) in [6, 6.07) is 6.33. The van der Waals surface area contributed by atoms with Crippen molar-refractivity contribution in [2.24, 2.45) is 0 Å². The molecule has 0 bridgehead atoms. The van der Waals surface area contributed by atoms with Crippen LogP contribution in [0.1, 0.15) is 54.9 Å². The number of nitrogens with zero attached hydrogens (tertiary/aromatic N) is 1. The highest BCUT2D eigenvalue weighted by Gasteiger charge is 2.29. The highest BCUT2D eigenvalue weighted by molar-refractivity contribution is 7.09. The summed E-state index contributed by atoms with van der Waals surface area (Å²) in [5.74, 6) is 0.442. The van der Waals surface area contributed by atoms with Gasteiger partial charge in [0.2, 0.25) is 0 Å². The van der Waals surface area contributed by atoms with Gasteiger partial charge in [-0.2, -0.15) is 0 Å². The molecule has 1 atom stereocenters. The molecular formula is C16H18Cl2N2S. The van der Waals surface area contributed by atoms with E-state index in [-0.39, 0.29) is 6.04 Å². The molecule has 1 heterocycles. The normalized spacial score (nSPS) is 16.4. The lowest BCUT2D eigenvalue weighted by atomic mass is 10.1. The number of hydrogen-bond donors (Lipinski definition) is 1. The van der Waals surface area contributed by atoms with Gasteiger partial charge in [0.15, 0.2) is 0 Å². The monoisotopic (exact) mass is 340 g/mol. The first kappa shape index (κ1) is 15.3. The van der Waals surface area contributed by atoms with Gasteiger partial charge in [0.05, 0.1) is 11.7 Å². The Morgan fingerprint density at radius 1 is 1.29 bits per heavy atom. The van der Waals surface area contributed by atoms with Gasteiger partial charge in [-0.3, -0.25) is 0 Å². The Labute approximate surface area is 139 Å². The standard InChI is InChI=1S/C16H18Cl2N2S/c1-9(2)14-8-21-16(20-14)15(19-11-4-5-11)12-6-3-10(17)7-13(12)18/h3,6-9,11,15,19H,4-5H2,1-2H3. The Balaban J connectivity index is 1.95. The first-order chi connectivity index (χ1) is 10.0. The van der Waals surface area contributed by atoms with Crippen molar-refractivity contribution in [2.75, 3.05) is 0 Å². The molecule has 112 valence electrons. The molecule has 21 heavy (non-hydrogen) atoms. The molecule has 1 unspecified atom stereocenters. The minimum atomic E-state index is 0.0553. The van der Waals surface area contributed by atoms with Crippen LogP contribution in [-0.2, 0) is 0 Å². The lowest BCUT2D eigenvalue weighted by Gasteiger charge is -2.18. The molecule has 1 aliphatic rings. The van der Waals surface area contributed by atoms with Gasteiger partial charge in [0.25, 0.3) is 0 Å². The third-order valence-electron chi connectivity index (χ3n) is 3.63. The number of nitrogens with one attached hydrogen (secondary N) is 1. The van der Waals surface area contributed by atoms with Gasteiger partial charge in [0.1, 0.15) is 5.01 Å². The summed E-state index contributed by atoms with van der Waals surface area (Å²) in [4.78, 5) is 4.80. The van der Waals surface area contributed by atoms with E-state index >= 15 is 0 Å². The van der Waals surface area contributed by atoms with Crippen LogP contribution in [0.25, 0.3) is 0 Å². The van der Waals surface area contributed by atoms with Crippen molar-refractivity contribution in [1.82, 2.24) is 10.3 Å². The quantitative estimate of drug-likeness (QED) is 0.786. The molecule has 1 N–H and O–H groups in total. The SMILES string of the molecule is CC(C)c1csc(C(NC2CC2)c2ccc(Cl)cc2Cl)n1. The largest absolute Gasteiger partial charge is 0.301 e. The van der Waals surface area contributed by atoms with Gasteiger partial charge in [-0.25, -0.2) is 4.98 Å². The van der Waals surface area contributed by atoms with E-state index in [9.17, 15) is 0 Å². The molecule has 1 aromatic carbocycles. The topological polar surface area (TPSA) is 24.9 Å². The Kier molecular flexibility index (Phi) is 4.55. The van der Waals surface area contributed by atoms with Gasteiger partial charge >= 0.3 is 0 Å². The second-order valence-electron chi connectivity index (χ2n) is 5.81. The molecule has 1 fully saturated rings. The number of hydrogen-bond acceptors (Lipinski definition) is 3. The zero-order valence-electron chi connectivity index (χ0n) is 12.1. The van der Waals surface area contributed by atoms with Crippen LogP contribution >= 0.6 is 34.5 Å². The van der Waals surface area contributed by atoms with Crippen LogP contribution in [0.5, 0.6) is 0 Å². The van der Waals surface area contributed by atoms with Crippen LogP contribution in [0, 0.1) is 0 Å². The van der Waals surface area contributed by atoms with Gasteiger partial charge in [-0.15, -0.1) is 11.3 Å². The summed E-state index contributed by atoms with van der Waals surface area (Å²) in [5, 5.41) is 8.24. The fourth-order valence-corrected chi connectivity index (χ4v) is 3.79. The fraction of sp³-hybridized carbons (Fsp3) is 0.438. The van der Waals surface area contributed by atoms with E-state index in [1.165, 1.54) is 12.8 Å². The lowest BCUT2D eigenvalue weighted by Crippen LogP contribution is -2.24. The molecule has 5 heteroatoms. The molecule has 0 aliphatic heterocycles. The van der Waals surface area contributed by atoms with E-state index in [1.807, 2.05) is 12.1 Å². The van der Waals surface area contributed by atoms with Gasteiger partial charge in [-0.05, 0) is 36.5 Å². The highest BCUT2D eigenvalue weighted by Crippen LogP contribution is 2.35. The van der Waals surface area contributed by atoms with Crippen molar-refractivity contribution in [3.8, 4) is 0 Å². The Hall–Kier alpha value is -0.610. The molecule has 2 aromatic rings. The van der Waals surface area contributed by atoms with Crippen LogP contribution in [0.3, 0.4) is 0 Å². The predicted molar refractivity (Wildman–Crippen MR) is 90.7 cm³/mol. The van der Waals surface area contributed by atoms with Crippen LogP contribution in [0.15, 0.2) is 23.6 Å². The summed E-state index contributed by atoms with van der Waals surface area (Å²) >= 11 is 14.1. The van der Waals surface area contributed by atoms with Crippen molar-refractivity contribution in [2.45, 2.75) is 44.7 Å². The number of benzene rings is 1. The Morgan fingerprint density at radius 3 is 2.62 bits per heavy atom. The van der Waals surface area contributed by atoms with E-state index in [2.05, 4.69) is 24.5 Å². The molecule has 1 saturated carbocycles. The van der Waals surface area contributed by atoms with Crippen molar-refractivity contribution < 1.29 is 0 Å². The summed E-state index contributed by atoms with van der Waals surface area (Å²) in [6.45, 7) is 4.33. The smallest absolute Gasteiger partial charge is 0.114 e. The molecule has 0 amide bonds. The van der Waals surface area contributed by atoms with E-state index in [0.29, 0.717) is 22.0 Å². The minimum Gasteiger partial charge on any atom is -0.301 e. The second-order valence-corrected chi connectivity index (χ2v) is 7.54. The van der Waals surface area contributed by atoms with Gasteiger partial charge in [-0.1, -0.05) is 43.1 Å². The lowest BCUT2D eigenvalue weighted by molar-refractivity contribution is 0.595. The molecule has 1 aromatic heterocycles. The van der Waals surface area contributed by atoms with E-state index in [0.717, 1.165) is 16.3 Å². The maximum atomic E-state index is 6.40. The van der Waals surface area contributed by atoms with Crippen molar-refractivity contribution in [3.63, 3.8) is 0 Å². The zero-order valence-corrected chi connectivity index (χ0v) is 14.4. The predicted octanol–water partition coefficient (Wildman–Crippen LogP) is 5.41. The first-order valence-corrected chi connectivity index (χ1v) is 8.84. The third-order valence-corrected chi connectivity index (χ3v) is 5.12. The number of aromatic nitrogens is 1. The molecule has 3 rings (SSSR count).